The van der Waals surface area contributed by atoms with Gasteiger partial charge < -0.3 is 0 Å². The maximum Gasteiger partial charge on any atom is -0.0205 e. The molecular weight excluding hydrogens is 240 g/mol. The van der Waals surface area contributed by atoms with Crippen molar-refractivity contribution in [1.29, 1.82) is 0 Å². The molecule has 0 saturated heterocycles. The summed E-state index contributed by atoms with van der Waals surface area (Å²) in [4.78, 5) is 0. The monoisotopic (exact) mass is 274 g/mol. The quantitative estimate of drug-likeness (QED) is 0.454. The molecule has 0 amide bonds. The van der Waals surface area contributed by atoms with E-state index < -0.39 is 0 Å². The molecule has 0 heterocycles. The first-order valence-corrected chi connectivity index (χ1v) is 9.17. The van der Waals surface area contributed by atoms with E-state index in [1.807, 2.05) is 0 Å². The first-order chi connectivity index (χ1) is 9.90. The van der Waals surface area contributed by atoms with Crippen molar-refractivity contribution in [1.82, 2.24) is 0 Å². The van der Waals surface area contributed by atoms with Gasteiger partial charge in [-0.3, -0.25) is 0 Å². The predicted molar refractivity (Wildman–Crippen MR) is 89.8 cm³/mol. The van der Waals surface area contributed by atoms with Gasteiger partial charge in [0.25, 0.3) is 0 Å². The van der Waals surface area contributed by atoms with Gasteiger partial charge in [0.05, 0.1) is 0 Å². The van der Waals surface area contributed by atoms with Gasteiger partial charge in [0.2, 0.25) is 0 Å². The summed E-state index contributed by atoms with van der Waals surface area (Å²) in [6.45, 7) is 4.08. The number of rotatable bonds is 7. The van der Waals surface area contributed by atoms with Gasteiger partial charge in [-0.15, -0.1) is 6.58 Å². The molecule has 0 aromatic carbocycles. The molecule has 0 N–H and O–H groups in total. The largest absolute Gasteiger partial charge is 0.103 e. The van der Waals surface area contributed by atoms with Gasteiger partial charge in [0.15, 0.2) is 0 Å². The lowest BCUT2D eigenvalue weighted by atomic mass is 9.78. The van der Waals surface area contributed by atoms with Gasteiger partial charge in [-0.1, -0.05) is 69.6 Å². The summed E-state index contributed by atoms with van der Waals surface area (Å²) in [7, 11) is 0. The molecule has 2 aliphatic rings. The van der Waals surface area contributed by atoms with Crippen LogP contribution < -0.4 is 0 Å². The van der Waals surface area contributed by atoms with Crippen molar-refractivity contribution >= 4 is 0 Å². The lowest BCUT2D eigenvalue weighted by Crippen LogP contribution is -2.15. The number of hydrogen-bond acceptors (Lipinski definition) is 0. The normalized spacial score (nSPS) is 24.0. The van der Waals surface area contributed by atoms with Crippen molar-refractivity contribution < 1.29 is 0 Å². The number of allylic oxidation sites excluding steroid dienone is 3. The van der Waals surface area contributed by atoms with Crippen molar-refractivity contribution in [3.63, 3.8) is 0 Å². The minimum Gasteiger partial charge on any atom is -0.103 e. The second-order valence-electron chi connectivity index (χ2n) is 7.09. The zero-order valence-electron chi connectivity index (χ0n) is 13.4. The third-order valence-electron chi connectivity index (χ3n) is 5.59. The lowest BCUT2D eigenvalue weighted by molar-refractivity contribution is 0.276. The van der Waals surface area contributed by atoms with Crippen molar-refractivity contribution in [3.8, 4) is 0 Å². The summed E-state index contributed by atoms with van der Waals surface area (Å²) < 4.78 is 0. The highest BCUT2D eigenvalue weighted by Gasteiger charge is 2.20. The Kier molecular flexibility index (Phi) is 7.47. The summed E-state index contributed by atoms with van der Waals surface area (Å²) in [5.41, 5.74) is 0. The van der Waals surface area contributed by atoms with Crippen LogP contribution in [-0.4, -0.2) is 0 Å². The molecule has 0 aromatic heterocycles. The molecule has 0 heteroatoms. The minimum absolute atomic E-state index is 0.773. The van der Waals surface area contributed by atoms with Crippen LogP contribution in [0.2, 0.25) is 0 Å². The number of hydrogen-bond donors (Lipinski definition) is 0. The van der Waals surface area contributed by atoms with Gasteiger partial charge in [0, 0.05) is 0 Å². The highest BCUT2D eigenvalue weighted by atomic mass is 14.3. The van der Waals surface area contributed by atoms with E-state index in [0.717, 1.165) is 17.8 Å². The highest BCUT2D eigenvalue weighted by Crippen LogP contribution is 2.33. The van der Waals surface area contributed by atoms with Crippen LogP contribution in [0.25, 0.3) is 0 Å². The maximum atomic E-state index is 4.08. The zero-order chi connectivity index (χ0) is 14.0. The summed E-state index contributed by atoms with van der Waals surface area (Å²) in [5, 5.41) is 0. The highest BCUT2D eigenvalue weighted by molar-refractivity contribution is 4.90. The summed E-state index contributed by atoms with van der Waals surface area (Å²) in [6, 6.07) is 0. The van der Waals surface area contributed by atoms with E-state index in [1.54, 1.807) is 0 Å². The molecule has 0 aliphatic heterocycles. The minimum atomic E-state index is 0.773. The van der Waals surface area contributed by atoms with Crippen LogP contribution in [0.5, 0.6) is 0 Å². The van der Waals surface area contributed by atoms with Gasteiger partial charge >= 0.3 is 0 Å². The average molecular weight is 274 g/mol. The van der Waals surface area contributed by atoms with Crippen LogP contribution in [0.3, 0.4) is 0 Å². The fraction of sp³-hybridized carbons (Fsp3) is 0.800. The van der Waals surface area contributed by atoms with Crippen molar-refractivity contribution in [2.45, 2.75) is 83.5 Å². The molecule has 0 radical (unpaired) electrons. The Labute approximate surface area is 126 Å². The molecule has 20 heavy (non-hydrogen) atoms. The second kappa shape index (κ2) is 9.42. The molecular formula is C20H34. The van der Waals surface area contributed by atoms with E-state index in [9.17, 15) is 0 Å². The van der Waals surface area contributed by atoms with E-state index in [-0.39, 0.29) is 0 Å². The standard InChI is InChI=1S/C20H34/c1-2-19(20-16-10-5-11-17-20)15-9-4-8-14-18-12-6-3-7-13-18/h2,4,8,18-20H,1,3,5-7,9-17H2/b8-4+. The molecule has 0 aromatic rings. The topological polar surface area (TPSA) is 0 Å². The molecule has 1 unspecified atom stereocenters. The fourth-order valence-corrected chi connectivity index (χ4v) is 4.23. The van der Waals surface area contributed by atoms with Crippen molar-refractivity contribution in [2.75, 3.05) is 0 Å². The first-order valence-electron chi connectivity index (χ1n) is 9.17. The molecule has 1 atom stereocenters. The van der Waals surface area contributed by atoms with Crippen molar-refractivity contribution in [3.05, 3.63) is 24.8 Å². The molecule has 2 saturated carbocycles. The third-order valence-corrected chi connectivity index (χ3v) is 5.59. The van der Waals surface area contributed by atoms with E-state index in [4.69, 9.17) is 0 Å². The molecule has 2 fully saturated rings. The summed E-state index contributed by atoms with van der Waals surface area (Å²) in [6.07, 6.45) is 25.7. The zero-order valence-corrected chi connectivity index (χ0v) is 13.4. The maximum absolute atomic E-state index is 4.08. The molecule has 0 bridgehead atoms. The Morgan fingerprint density at radius 1 is 0.850 bits per heavy atom. The SMILES string of the molecule is C=CC(CC/C=C/CC1CCCCC1)C1CCCCC1. The molecule has 0 spiro atoms. The fourth-order valence-electron chi connectivity index (χ4n) is 4.23. The van der Waals surface area contributed by atoms with Gasteiger partial charge in [0.1, 0.15) is 0 Å². The van der Waals surface area contributed by atoms with Crippen LogP contribution >= 0.6 is 0 Å². The summed E-state index contributed by atoms with van der Waals surface area (Å²) >= 11 is 0. The van der Waals surface area contributed by atoms with Gasteiger partial charge in [-0.05, 0) is 49.9 Å². The molecule has 0 nitrogen and oxygen atoms in total. The van der Waals surface area contributed by atoms with E-state index in [0.29, 0.717) is 0 Å². The molecule has 2 aliphatic carbocycles. The Morgan fingerprint density at radius 2 is 1.50 bits per heavy atom. The molecule has 2 rings (SSSR count). The average Bonchev–Trinajstić information content (AvgIpc) is 2.53. The molecule has 114 valence electrons. The Hall–Kier alpha value is -0.520. The van der Waals surface area contributed by atoms with Crippen LogP contribution in [0.15, 0.2) is 24.8 Å². The van der Waals surface area contributed by atoms with E-state index in [2.05, 4.69) is 24.8 Å². The van der Waals surface area contributed by atoms with Crippen LogP contribution in [0.1, 0.15) is 83.5 Å². The Morgan fingerprint density at radius 3 is 2.15 bits per heavy atom. The lowest BCUT2D eigenvalue weighted by Gasteiger charge is -2.27. The van der Waals surface area contributed by atoms with Crippen molar-refractivity contribution in [2.24, 2.45) is 17.8 Å². The Bertz CT molecular complexity index is 276. The van der Waals surface area contributed by atoms with E-state index >= 15 is 0 Å². The van der Waals surface area contributed by atoms with Gasteiger partial charge in [-0.2, -0.15) is 0 Å². The van der Waals surface area contributed by atoms with E-state index in [1.165, 1.54) is 83.5 Å². The smallest absolute Gasteiger partial charge is 0.0205 e. The van der Waals surface area contributed by atoms with Gasteiger partial charge in [-0.25, -0.2) is 0 Å². The van der Waals surface area contributed by atoms with Crippen LogP contribution in [0, 0.1) is 17.8 Å². The predicted octanol–water partition coefficient (Wildman–Crippen LogP) is 6.68. The Balaban J connectivity index is 1.61. The third kappa shape index (κ3) is 5.46. The van der Waals surface area contributed by atoms with Crippen LogP contribution in [-0.2, 0) is 0 Å². The second-order valence-corrected chi connectivity index (χ2v) is 7.09. The summed E-state index contributed by atoms with van der Waals surface area (Å²) in [5.74, 6) is 2.70. The van der Waals surface area contributed by atoms with Crippen LogP contribution in [0.4, 0.5) is 0 Å². The first kappa shape index (κ1) is 15.9.